The summed E-state index contributed by atoms with van der Waals surface area (Å²) in [5, 5.41) is 0. The Kier molecular flexibility index (Phi) is 6.46. The van der Waals surface area contributed by atoms with Crippen LogP contribution in [-0.2, 0) is 26.5 Å². The molecule has 0 heterocycles. The van der Waals surface area contributed by atoms with Gasteiger partial charge in [-0.1, -0.05) is 0 Å². The second-order valence-electron chi connectivity index (χ2n) is 9.21. The van der Waals surface area contributed by atoms with E-state index in [1.165, 1.54) is 34.4 Å². The fourth-order valence-electron chi connectivity index (χ4n) is 5.26. The maximum absolute atomic E-state index is 13.4. The fourth-order valence-corrected chi connectivity index (χ4v) is 24.9. The van der Waals surface area contributed by atoms with Crippen molar-refractivity contribution in [2.45, 2.75) is 50.6 Å². The second-order valence-corrected chi connectivity index (χ2v) is 26.7. The minimum atomic E-state index is -4.33. The Hall–Kier alpha value is -1.45. The van der Waals surface area contributed by atoms with Gasteiger partial charge < -0.3 is 0 Å². The standard InChI is InChI=1S/C16H10F3.C9H13.C2H6Si.Zr/c17-16(18,19)13-6-3-5-12(10-13)15-9-8-11-4-1-2-7-14(11)15;1-6-5-7(2)9(4)8(6)3;1-3-2;/h1-10H;6H,1-4H3;1-2H3;. The van der Waals surface area contributed by atoms with E-state index < -0.39 is 37.5 Å². The number of hydrogen-bond donors (Lipinski definition) is 0. The van der Waals surface area contributed by atoms with E-state index in [0.29, 0.717) is 15.1 Å². The van der Waals surface area contributed by atoms with Crippen LogP contribution in [0.2, 0.25) is 13.1 Å². The number of allylic oxidation sites excluding steroid dienone is 5. The molecule has 2 aliphatic carbocycles. The Morgan fingerprint density at radius 1 is 0.906 bits per heavy atom. The molecule has 2 aromatic carbocycles. The molecule has 0 spiro atoms. The molecule has 0 saturated heterocycles. The zero-order valence-corrected chi connectivity index (χ0v) is 22.9. The zero-order chi connectivity index (χ0) is 23.4. The maximum atomic E-state index is 13.4. The Morgan fingerprint density at radius 2 is 1.59 bits per heavy atom. The fraction of sp³-hybridized carbons (Fsp3) is 0.333. The van der Waals surface area contributed by atoms with Crippen LogP contribution in [0.3, 0.4) is 0 Å². The summed E-state index contributed by atoms with van der Waals surface area (Å²) in [4.78, 5) is 0. The molecule has 0 fully saturated rings. The molecule has 166 valence electrons. The van der Waals surface area contributed by atoms with Gasteiger partial charge in [0.2, 0.25) is 0 Å². The number of hydrogen-bond acceptors (Lipinski definition) is 0. The van der Waals surface area contributed by atoms with Gasteiger partial charge in [0.05, 0.1) is 0 Å². The number of alkyl halides is 3. The normalized spacial score (nSPS) is 20.6. The van der Waals surface area contributed by atoms with Crippen molar-refractivity contribution in [1.29, 1.82) is 0 Å². The first-order chi connectivity index (χ1) is 15.0. The molecule has 0 saturated carbocycles. The van der Waals surface area contributed by atoms with Gasteiger partial charge in [-0.2, -0.15) is 0 Å². The first kappa shape index (κ1) is 23.7. The quantitative estimate of drug-likeness (QED) is 0.351. The number of fused-ring (bicyclic) bond motifs is 1. The van der Waals surface area contributed by atoms with E-state index in [1.54, 1.807) is 3.28 Å². The third-order valence-electron chi connectivity index (χ3n) is 7.20. The van der Waals surface area contributed by atoms with Crippen LogP contribution in [0.5, 0.6) is 0 Å². The van der Waals surface area contributed by atoms with Crippen molar-refractivity contribution in [2.75, 3.05) is 0 Å². The van der Waals surface area contributed by atoms with Gasteiger partial charge in [0.1, 0.15) is 0 Å². The number of halogens is 3. The molecule has 32 heavy (non-hydrogen) atoms. The topological polar surface area (TPSA) is 0 Å². The summed E-state index contributed by atoms with van der Waals surface area (Å²) in [7, 11) is 0. The summed E-state index contributed by atoms with van der Waals surface area (Å²) in [5.41, 5.74) is 7.41. The van der Waals surface area contributed by atoms with E-state index in [-0.39, 0.29) is 0 Å². The van der Waals surface area contributed by atoms with Crippen molar-refractivity contribution < 1.29 is 33.5 Å². The molecule has 2 aliphatic rings. The van der Waals surface area contributed by atoms with Gasteiger partial charge in [0, 0.05) is 0 Å². The van der Waals surface area contributed by atoms with Crippen LogP contribution in [0.25, 0.3) is 5.57 Å². The number of benzene rings is 2. The Labute approximate surface area is 197 Å². The van der Waals surface area contributed by atoms with Gasteiger partial charge >= 0.3 is 198 Å². The third-order valence-corrected chi connectivity index (χ3v) is 25.8. The molecule has 5 heteroatoms. The average Bonchev–Trinajstić information content (AvgIpc) is 3.21. The van der Waals surface area contributed by atoms with Crippen molar-refractivity contribution in [3.05, 3.63) is 96.9 Å². The van der Waals surface area contributed by atoms with Crippen LogP contribution < -0.4 is 0 Å². The summed E-state index contributed by atoms with van der Waals surface area (Å²) in [5.74, 6) is 0.502. The molecule has 0 aromatic heterocycles. The SMILES string of the molecule is CC1=C(C)C(C)[C]([Zr]([CH]2C=C(c3cccc(C(F)(F)F)c3)c3ccccc32)=[Si](C)C)=C1C. The Balaban J connectivity index is 1.89. The van der Waals surface area contributed by atoms with Gasteiger partial charge in [-0.3, -0.25) is 0 Å². The Morgan fingerprint density at radius 3 is 2.19 bits per heavy atom. The van der Waals surface area contributed by atoms with E-state index in [0.717, 1.165) is 17.2 Å². The average molecular weight is 530 g/mol. The van der Waals surface area contributed by atoms with Crippen LogP contribution in [0.4, 0.5) is 13.2 Å². The van der Waals surface area contributed by atoms with E-state index in [9.17, 15) is 13.2 Å². The molecule has 2 unspecified atom stereocenters. The monoisotopic (exact) mass is 528 g/mol. The van der Waals surface area contributed by atoms with Crippen LogP contribution in [0.15, 0.2) is 74.6 Å². The Bertz CT molecular complexity index is 1220. The van der Waals surface area contributed by atoms with E-state index in [1.807, 2.05) is 12.1 Å². The van der Waals surface area contributed by atoms with Crippen molar-refractivity contribution in [3.8, 4) is 0 Å². The van der Waals surface area contributed by atoms with E-state index >= 15 is 0 Å². The molecule has 0 bridgehead atoms. The van der Waals surface area contributed by atoms with Gasteiger partial charge in [0.25, 0.3) is 0 Å². The van der Waals surface area contributed by atoms with Gasteiger partial charge in [-0.15, -0.1) is 0 Å². The minimum absolute atomic E-state index is 0.383. The van der Waals surface area contributed by atoms with Crippen LogP contribution >= 0.6 is 0 Å². The molecule has 4 rings (SSSR count). The van der Waals surface area contributed by atoms with Crippen molar-refractivity contribution in [1.82, 2.24) is 0 Å². The molecular weight excluding hydrogens is 501 g/mol. The predicted octanol–water partition coefficient (Wildman–Crippen LogP) is 8.32. The van der Waals surface area contributed by atoms with Crippen molar-refractivity contribution >= 4 is 11.0 Å². The van der Waals surface area contributed by atoms with Crippen LogP contribution in [-0.4, -0.2) is 5.43 Å². The zero-order valence-electron chi connectivity index (χ0n) is 19.5. The molecule has 0 N–H and O–H groups in total. The van der Waals surface area contributed by atoms with Crippen molar-refractivity contribution in [3.63, 3.8) is 0 Å². The molecule has 0 radical (unpaired) electrons. The second kappa shape index (κ2) is 8.72. The summed E-state index contributed by atoms with van der Waals surface area (Å²) in [6.07, 6.45) is -2.00. The van der Waals surface area contributed by atoms with Crippen LogP contribution in [0.1, 0.15) is 53.6 Å². The molecular formula is C27H29F3SiZr. The number of rotatable bonds is 3. The molecule has 0 amide bonds. The van der Waals surface area contributed by atoms with Gasteiger partial charge in [-0.25, -0.2) is 0 Å². The third kappa shape index (κ3) is 4.01. The van der Waals surface area contributed by atoms with E-state index in [4.69, 9.17) is 0 Å². The molecule has 2 atom stereocenters. The molecule has 2 aromatic rings. The summed E-state index contributed by atoms with van der Waals surface area (Å²) in [6.45, 7) is 14.1. The summed E-state index contributed by atoms with van der Waals surface area (Å²) < 4.78 is 42.3. The van der Waals surface area contributed by atoms with Gasteiger partial charge in [0.15, 0.2) is 0 Å². The predicted molar refractivity (Wildman–Crippen MR) is 125 cm³/mol. The van der Waals surface area contributed by atoms with Gasteiger partial charge in [-0.05, 0) is 0 Å². The first-order valence-electron chi connectivity index (χ1n) is 11.1. The van der Waals surface area contributed by atoms with Crippen molar-refractivity contribution in [2.24, 2.45) is 5.92 Å². The summed E-state index contributed by atoms with van der Waals surface area (Å²) >= 11 is -2.16. The summed E-state index contributed by atoms with van der Waals surface area (Å²) in [6, 6.07) is 14.2. The van der Waals surface area contributed by atoms with E-state index in [2.05, 4.69) is 65.1 Å². The molecule has 0 nitrogen and oxygen atoms in total. The molecule has 0 aliphatic heterocycles. The first-order valence-corrected chi connectivity index (χ1v) is 19.9. The van der Waals surface area contributed by atoms with Crippen LogP contribution in [0, 0.1) is 5.92 Å².